The van der Waals surface area contributed by atoms with Gasteiger partial charge in [-0.25, -0.2) is 8.78 Å². The number of nitro benzene ring substituents is 1. The molecular formula is C14H12F2N2O2. The molecule has 0 spiro atoms. The van der Waals surface area contributed by atoms with Crippen LogP contribution in [0.2, 0.25) is 0 Å². The summed E-state index contributed by atoms with van der Waals surface area (Å²) in [6, 6.07) is 8.97. The van der Waals surface area contributed by atoms with Gasteiger partial charge in [0.25, 0.3) is 5.69 Å². The van der Waals surface area contributed by atoms with Crippen LogP contribution in [0.25, 0.3) is 0 Å². The van der Waals surface area contributed by atoms with E-state index in [1.54, 1.807) is 19.1 Å². The Morgan fingerprint density at radius 3 is 2.40 bits per heavy atom. The smallest absolute Gasteiger partial charge is 0.295 e. The maximum absolute atomic E-state index is 13.7. The highest BCUT2D eigenvalue weighted by Crippen LogP contribution is 2.31. The van der Waals surface area contributed by atoms with Crippen LogP contribution in [0.5, 0.6) is 0 Å². The van der Waals surface area contributed by atoms with E-state index in [0.29, 0.717) is 5.56 Å². The van der Waals surface area contributed by atoms with Gasteiger partial charge in [-0.1, -0.05) is 24.3 Å². The molecule has 0 aromatic heterocycles. The molecule has 0 radical (unpaired) electrons. The molecule has 6 heteroatoms. The van der Waals surface area contributed by atoms with Crippen LogP contribution < -0.4 is 5.32 Å². The Kier molecular flexibility index (Phi) is 3.93. The molecule has 2 aromatic rings. The van der Waals surface area contributed by atoms with E-state index in [-0.39, 0.29) is 11.4 Å². The molecule has 0 saturated heterocycles. The van der Waals surface area contributed by atoms with E-state index in [4.69, 9.17) is 0 Å². The summed E-state index contributed by atoms with van der Waals surface area (Å²) in [4.78, 5) is 10.2. The predicted octanol–water partition coefficient (Wildman–Crippen LogP) is 4.05. The number of nitrogens with one attached hydrogen (secondary N) is 1. The average molecular weight is 278 g/mol. The standard InChI is InChI=1S/C14H12F2N2O2/c1-9(10-5-2-3-6-11(10)15)17-14-12(16)7-4-8-13(14)18(19)20/h2-9,17H,1H3. The summed E-state index contributed by atoms with van der Waals surface area (Å²) in [5, 5.41) is 13.5. The predicted molar refractivity (Wildman–Crippen MR) is 71.5 cm³/mol. The van der Waals surface area contributed by atoms with E-state index in [0.717, 1.165) is 6.07 Å². The largest absolute Gasteiger partial charge is 0.370 e. The van der Waals surface area contributed by atoms with Crippen LogP contribution in [0.1, 0.15) is 18.5 Å². The molecule has 20 heavy (non-hydrogen) atoms. The molecule has 2 rings (SSSR count). The van der Waals surface area contributed by atoms with Crippen LogP contribution >= 0.6 is 0 Å². The van der Waals surface area contributed by atoms with Gasteiger partial charge in [0, 0.05) is 11.6 Å². The highest BCUT2D eigenvalue weighted by atomic mass is 19.1. The first-order valence-corrected chi connectivity index (χ1v) is 5.94. The molecule has 4 nitrogen and oxygen atoms in total. The number of rotatable bonds is 4. The third kappa shape index (κ3) is 2.74. The van der Waals surface area contributed by atoms with Crippen LogP contribution in [0.4, 0.5) is 20.2 Å². The lowest BCUT2D eigenvalue weighted by Crippen LogP contribution is -2.11. The molecule has 0 fully saturated rings. The van der Waals surface area contributed by atoms with Crippen LogP contribution in [0, 0.1) is 21.7 Å². The molecule has 0 aliphatic heterocycles. The first-order chi connectivity index (χ1) is 9.50. The SMILES string of the molecule is CC(Nc1c(F)cccc1[N+](=O)[O-])c1ccccc1F. The molecular weight excluding hydrogens is 266 g/mol. The summed E-state index contributed by atoms with van der Waals surface area (Å²) in [5.74, 6) is -1.20. The Morgan fingerprint density at radius 2 is 1.75 bits per heavy atom. The molecule has 0 aliphatic rings. The maximum Gasteiger partial charge on any atom is 0.295 e. The van der Waals surface area contributed by atoms with Gasteiger partial charge in [0.2, 0.25) is 0 Å². The van der Waals surface area contributed by atoms with E-state index < -0.39 is 22.6 Å². The second-order valence-corrected chi connectivity index (χ2v) is 4.28. The van der Waals surface area contributed by atoms with Gasteiger partial charge in [-0.2, -0.15) is 0 Å². The number of nitrogens with zero attached hydrogens (tertiary/aromatic N) is 1. The van der Waals surface area contributed by atoms with Crippen LogP contribution in [-0.2, 0) is 0 Å². The monoisotopic (exact) mass is 278 g/mol. The van der Waals surface area contributed by atoms with Crippen molar-refractivity contribution in [2.45, 2.75) is 13.0 Å². The van der Waals surface area contributed by atoms with Crippen molar-refractivity contribution in [1.29, 1.82) is 0 Å². The lowest BCUT2D eigenvalue weighted by molar-refractivity contribution is -0.384. The second-order valence-electron chi connectivity index (χ2n) is 4.28. The molecule has 0 heterocycles. The lowest BCUT2D eigenvalue weighted by Gasteiger charge is -2.16. The Labute approximate surface area is 114 Å². The van der Waals surface area contributed by atoms with Crippen molar-refractivity contribution in [3.8, 4) is 0 Å². The third-order valence-electron chi connectivity index (χ3n) is 2.92. The average Bonchev–Trinajstić information content (AvgIpc) is 2.41. The number of hydrogen-bond donors (Lipinski definition) is 1. The molecule has 0 saturated carbocycles. The van der Waals surface area contributed by atoms with Gasteiger partial charge in [-0.05, 0) is 19.1 Å². The fourth-order valence-electron chi connectivity index (χ4n) is 1.93. The number of para-hydroxylation sites is 1. The molecule has 1 unspecified atom stereocenters. The van der Waals surface area contributed by atoms with E-state index in [2.05, 4.69) is 5.32 Å². The molecule has 0 aliphatic carbocycles. The summed E-state index contributed by atoms with van der Waals surface area (Å²) in [6.07, 6.45) is 0. The Hall–Kier alpha value is -2.50. The van der Waals surface area contributed by atoms with Gasteiger partial charge in [-0.15, -0.1) is 0 Å². The highest BCUT2D eigenvalue weighted by Gasteiger charge is 2.20. The van der Waals surface area contributed by atoms with Crippen molar-refractivity contribution in [1.82, 2.24) is 0 Å². The van der Waals surface area contributed by atoms with Crippen molar-refractivity contribution in [2.75, 3.05) is 5.32 Å². The summed E-state index contributed by atoms with van der Waals surface area (Å²) >= 11 is 0. The summed E-state index contributed by atoms with van der Waals surface area (Å²) < 4.78 is 27.4. The minimum atomic E-state index is -0.748. The van der Waals surface area contributed by atoms with Gasteiger partial charge in [-0.3, -0.25) is 10.1 Å². The van der Waals surface area contributed by atoms with Gasteiger partial charge in [0.15, 0.2) is 5.82 Å². The highest BCUT2D eigenvalue weighted by molar-refractivity contribution is 5.63. The summed E-state index contributed by atoms with van der Waals surface area (Å²) in [7, 11) is 0. The van der Waals surface area contributed by atoms with Crippen molar-refractivity contribution >= 4 is 11.4 Å². The van der Waals surface area contributed by atoms with E-state index in [1.165, 1.54) is 24.3 Å². The fourth-order valence-corrected chi connectivity index (χ4v) is 1.93. The Bertz CT molecular complexity index is 647. The maximum atomic E-state index is 13.7. The van der Waals surface area contributed by atoms with Crippen LogP contribution in [-0.4, -0.2) is 4.92 Å². The normalized spacial score (nSPS) is 11.9. The fraction of sp³-hybridized carbons (Fsp3) is 0.143. The second kappa shape index (κ2) is 5.64. The van der Waals surface area contributed by atoms with Gasteiger partial charge in [0.05, 0.1) is 11.0 Å². The van der Waals surface area contributed by atoms with Crippen molar-refractivity contribution < 1.29 is 13.7 Å². The number of halogens is 2. The lowest BCUT2D eigenvalue weighted by atomic mass is 10.1. The third-order valence-corrected chi connectivity index (χ3v) is 2.92. The number of nitro groups is 1. The summed E-state index contributed by atoms with van der Waals surface area (Å²) in [5.41, 5.74) is -0.313. The zero-order chi connectivity index (χ0) is 14.7. The van der Waals surface area contributed by atoms with Crippen LogP contribution in [0.3, 0.4) is 0 Å². The quantitative estimate of drug-likeness (QED) is 0.678. The molecule has 0 amide bonds. The summed E-state index contributed by atoms with van der Waals surface area (Å²) in [6.45, 7) is 1.61. The molecule has 1 atom stereocenters. The zero-order valence-corrected chi connectivity index (χ0v) is 10.6. The molecule has 1 N–H and O–H groups in total. The van der Waals surface area contributed by atoms with Gasteiger partial charge < -0.3 is 5.32 Å². The van der Waals surface area contributed by atoms with E-state index >= 15 is 0 Å². The Morgan fingerprint density at radius 1 is 1.10 bits per heavy atom. The molecule has 2 aromatic carbocycles. The van der Waals surface area contributed by atoms with E-state index in [1.807, 2.05) is 0 Å². The topological polar surface area (TPSA) is 55.2 Å². The van der Waals surface area contributed by atoms with Crippen LogP contribution in [0.15, 0.2) is 42.5 Å². The van der Waals surface area contributed by atoms with Crippen molar-refractivity contribution in [2.24, 2.45) is 0 Å². The van der Waals surface area contributed by atoms with Gasteiger partial charge in [0.1, 0.15) is 11.5 Å². The first kappa shape index (κ1) is 13.9. The number of anilines is 1. The van der Waals surface area contributed by atoms with E-state index in [9.17, 15) is 18.9 Å². The molecule has 104 valence electrons. The number of hydrogen-bond acceptors (Lipinski definition) is 3. The number of benzene rings is 2. The minimum Gasteiger partial charge on any atom is -0.370 e. The minimum absolute atomic E-state index is 0.242. The molecule has 0 bridgehead atoms. The first-order valence-electron chi connectivity index (χ1n) is 5.94. The van der Waals surface area contributed by atoms with Crippen molar-refractivity contribution in [3.05, 3.63) is 69.8 Å². The Balaban J connectivity index is 2.35. The van der Waals surface area contributed by atoms with Crippen molar-refractivity contribution in [3.63, 3.8) is 0 Å². The zero-order valence-electron chi connectivity index (χ0n) is 10.6. The van der Waals surface area contributed by atoms with Gasteiger partial charge >= 0.3 is 0 Å².